The van der Waals surface area contributed by atoms with Gasteiger partial charge in [-0.2, -0.15) is 0 Å². The average molecular weight is 219 g/mol. The van der Waals surface area contributed by atoms with Gasteiger partial charge >= 0.3 is 0 Å². The molecule has 16 heavy (non-hydrogen) atoms. The molecule has 0 unspecified atom stereocenters. The van der Waals surface area contributed by atoms with E-state index in [-0.39, 0.29) is 5.75 Å². The van der Waals surface area contributed by atoms with Gasteiger partial charge in [0, 0.05) is 6.54 Å². The van der Waals surface area contributed by atoms with Gasteiger partial charge in [-0.1, -0.05) is 12.5 Å². The molecule has 0 amide bonds. The van der Waals surface area contributed by atoms with Crippen molar-refractivity contribution in [1.82, 2.24) is 4.90 Å². The van der Waals surface area contributed by atoms with Gasteiger partial charge in [-0.15, -0.1) is 0 Å². The zero-order valence-corrected chi connectivity index (χ0v) is 9.35. The molecule has 0 radical (unpaired) electrons. The lowest BCUT2D eigenvalue weighted by atomic mass is 10.1. The third-order valence-electron chi connectivity index (χ3n) is 3.07. The molecule has 0 saturated carbocycles. The van der Waals surface area contributed by atoms with Gasteiger partial charge in [0.25, 0.3) is 0 Å². The van der Waals surface area contributed by atoms with Crippen LogP contribution in [-0.2, 0) is 6.54 Å². The number of hydrogen-bond acceptors (Lipinski definition) is 3. The van der Waals surface area contributed by atoms with Gasteiger partial charge in [-0.05, 0) is 43.6 Å². The number of carbonyl (C=O) groups excluding carboxylic acids is 1. The highest BCUT2D eigenvalue weighted by molar-refractivity contribution is 5.79. The molecule has 0 bridgehead atoms. The second-order valence-electron chi connectivity index (χ2n) is 4.35. The molecule has 1 aromatic carbocycles. The van der Waals surface area contributed by atoms with Crippen LogP contribution in [0.3, 0.4) is 0 Å². The molecule has 0 spiro atoms. The second kappa shape index (κ2) is 5.12. The number of phenols is 1. The molecule has 1 heterocycles. The number of benzene rings is 1. The van der Waals surface area contributed by atoms with Crippen molar-refractivity contribution in [2.75, 3.05) is 13.1 Å². The Morgan fingerprint density at radius 1 is 1.25 bits per heavy atom. The minimum atomic E-state index is 0.0670. The van der Waals surface area contributed by atoms with E-state index in [0.29, 0.717) is 11.8 Å². The number of carbonyl (C=O) groups is 1. The second-order valence-corrected chi connectivity index (χ2v) is 4.35. The van der Waals surface area contributed by atoms with E-state index in [1.807, 2.05) is 6.07 Å². The van der Waals surface area contributed by atoms with Crippen LogP contribution in [0.15, 0.2) is 18.2 Å². The lowest BCUT2D eigenvalue weighted by Crippen LogP contribution is -2.29. The Hall–Kier alpha value is -1.35. The van der Waals surface area contributed by atoms with Gasteiger partial charge < -0.3 is 5.11 Å². The molecule has 1 aliphatic heterocycles. The molecule has 86 valence electrons. The Kier molecular flexibility index (Phi) is 3.57. The summed E-state index contributed by atoms with van der Waals surface area (Å²) in [6, 6.07) is 5.26. The van der Waals surface area contributed by atoms with Crippen LogP contribution in [0.25, 0.3) is 0 Å². The number of likely N-dealkylation sites (tertiary alicyclic amines) is 1. The molecule has 3 nitrogen and oxygen atoms in total. The number of rotatable bonds is 3. The van der Waals surface area contributed by atoms with Crippen molar-refractivity contribution in [3.8, 4) is 5.75 Å². The minimum absolute atomic E-state index is 0.0670. The van der Waals surface area contributed by atoms with E-state index in [1.54, 1.807) is 12.1 Å². The normalized spacial score (nSPS) is 17.2. The van der Waals surface area contributed by atoms with Gasteiger partial charge in [0.2, 0.25) is 0 Å². The molecule has 1 aliphatic rings. The smallest absolute Gasteiger partial charge is 0.153 e. The van der Waals surface area contributed by atoms with Gasteiger partial charge in [-0.25, -0.2) is 0 Å². The van der Waals surface area contributed by atoms with E-state index in [4.69, 9.17) is 0 Å². The van der Waals surface area contributed by atoms with E-state index >= 15 is 0 Å². The van der Waals surface area contributed by atoms with Crippen LogP contribution in [0.2, 0.25) is 0 Å². The monoisotopic (exact) mass is 219 g/mol. The fraction of sp³-hybridized carbons (Fsp3) is 0.462. The van der Waals surface area contributed by atoms with Gasteiger partial charge in [-0.3, -0.25) is 9.69 Å². The maximum atomic E-state index is 10.7. The predicted octanol–water partition coefficient (Wildman–Crippen LogP) is 2.19. The largest absolute Gasteiger partial charge is 0.507 e. The highest BCUT2D eigenvalue weighted by Gasteiger charge is 2.11. The van der Waals surface area contributed by atoms with E-state index < -0.39 is 0 Å². The summed E-state index contributed by atoms with van der Waals surface area (Å²) in [5.41, 5.74) is 1.48. The molecule has 0 aromatic heterocycles. The Morgan fingerprint density at radius 3 is 2.69 bits per heavy atom. The summed E-state index contributed by atoms with van der Waals surface area (Å²) < 4.78 is 0. The number of phenolic OH excluding ortho intramolecular Hbond substituents is 1. The third kappa shape index (κ3) is 2.61. The van der Waals surface area contributed by atoms with Crippen LogP contribution in [0.1, 0.15) is 35.2 Å². The first-order valence-corrected chi connectivity index (χ1v) is 5.79. The number of aldehydes is 1. The molecular weight excluding hydrogens is 202 g/mol. The van der Waals surface area contributed by atoms with Crippen LogP contribution in [0.4, 0.5) is 0 Å². The number of aromatic hydroxyl groups is 1. The third-order valence-corrected chi connectivity index (χ3v) is 3.07. The minimum Gasteiger partial charge on any atom is -0.507 e. The summed E-state index contributed by atoms with van der Waals surface area (Å²) >= 11 is 0. The first kappa shape index (κ1) is 11.1. The highest BCUT2D eigenvalue weighted by atomic mass is 16.3. The standard InChI is InChI=1S/C13H17NO2/c15-10-12-8-11(4-5-13(12)16)9-14-6-2-1-3-7-14/h4-5,8,10,16H,1-3,6-7,9H2. The van der Waals surface area contributed by atoms with E-state index in [0.717, 1.165) is 25.2 Å². The van der Waals surface area contributed by atoms with Crippen LogP contribution < -0.4 is 0 Å². The van der Waals surface area contributed by atoms with Crippen molar-refractivity contribution in [1.29, 1.82) is 0 Å². The summed E-state index contributed by atoms with van der Waals surface area (Å²) in [4.78, 5) is 13.1. The van der Waals surface area contributed by atoms with Crippen LogP contribution in [0.5, 0.6) is 5.75 Å². The lowest BCUT2D eigenvalue weighted by molar-refractivity contribution is 0.112. The molecule has 1 aromatic rings. The number of nitrogens with zero attached hydrogens (tertiary/aromatic N) is 1. The average Bonchev–Trinajstić information content (AvgIpc) is 2.33. The lowest BCUT2D eigenvalue weighted by Gasteiger charge is -2.26. The van der Waals surface area contributed by atoms with Gasteiger partial charge in [0.1, 0.15) is 5.75 Å². The van der Waals surface area contributed by atoms with Crippen LogP contribution in [0, 0.1) is 0 Å². The molecular formula is C13H17NO2. The van der Waals surface area contributed by atoms with Crippen molar-refractivity contribution in [3.05, 3.63) is 29.3 Å². The summed E-state index contributed by atoms with van der Waals surface area (Å²) in [6.07, 6.45) is 4.55. The van der Waals surface area contributed by atoms with Crippen molar-refractivity contribution in [2.24, 2.45) is 0 Å². The van der Waals surface area contributed by atoms with Gasteiger partial charge in [0.05, 0.1) is 5.56 Å². The van der Waals surface area contributed by atoms with Crippen LogP contribution in [-0.4, -0.2) is 29.4 Å². The fourth-order valence-corrected chi connectivity index (χ4v) is 2.17. The van der Waals surface area contributed by atoms with E-state index in [1.165, 1.54) is 19.3 Å². The van der Waals surface area contributed by atoms with Crippen molar-refractivity contribution < 1.29 is 9.90 Å². The first-order valence-electron chi connectivity index (χ1n) is 5.79. The number of piperidine rings is 1. The molecule has 1 N–H and O–H groups in total. The molecule has 0 aliphatic carbocycles. The number of hydrogen-bond donors (Lipinski definition) is 1. The zero-order chi connectivity index (χ0) is 11.4. The van der Waals surface area contributed by atoms with Crippen LogP contribution >= 0.6 is 0 Å². The SMILES string of the molecule is O=Cc1cc(CN2CCCCC2)ccc1O. The van der Waals surface area contributed by atoms with Gasteiger partial charge in [0.15, 0.2) is 6.29 Å². The van der Waals surface area contributed by atoms with E-state index in [9.17, 15) is 9.90 Å². The molecule has 2 rings (SSSR count). The Balaban J connectivity index is 2.05. The summed E-state index contributed by atoms with van der Waals surface area (Å²) in [5, 5.41) is 9.40. The zero-order valence-electron chi connectivity index (χ0n) is 9.35. The topological polar surface area (TPSA) is 40.5 Å². The van der Waals surface area contributed by atoms with Crippen molar-refractivity contribution in [2.45, 2.75) is 25.8 Å². The first-order chi connectivity index (χ1) is 7.79. The molecule has 1 saturated heterocycles. The van der Waals surface area contributed by atoms with E-state index in [2.05, 4.69) is 4.90 Å². The van der Waals surface area contributed by atoms with Crippen molar-refractivity contribution >= 4 is 6.29 Å². The van der Waals surface area contributed by atoms with Crippen molar-refractivity contribution in [3.63, 3.8) is 0 Å². The Morgan fingerprint density at radius 2 is 2.00 bits per heavy atom. The fourth-order valence-electron chi connectivity index (χ4n) is 2.17. The molecule has 1 fully saturated rings. The molecule has 0 atom stereocenters. The highest BCUT2D eigenvalue weighted by Crippen LogP contribution is 2.19. The Bertz CT molecular complexity index is 370. The summed E-state index contributed by atoms with van der Waals surface area (Å²) in [6.45, 7) is 3.15. The molecule has 3 heteroatoms. The maximum absolute atomic E-state index is 10.7. The Labute approximate surface area is 95.7 Å². The maximum Gasteiger partial charge on any atom is 0.153 e. The summed E-state index contributed by atoms with van der Waals surface area (Å²) in [5.74, 6) is 0.0670. The summed E-state index contributed by atoms with van der Waals surface area (Å²) in [7, 11) is 0. The predicted molar refractivity (Wildman–Crippen MR) is 62.6 cm³/mol. The quantitative estimate of drug-likeness (QED) is 0.792.